The van der Waals surface area contributed by atoms with Gasteiger partial charge in [-0.25, -0.2) is 4.79 Å². The van der Waals surface area contributed by atoms with Gasteiger partial charge >= 0.3 is 6.47 Å². The van der Waals surface area contributed by atoms with Crippen molar-refractivity contribution in [1.82, 2.24) is 0 Å². The minimum Gasteiger partial charge on any atom is -0.457 e. The average molecular weight is 180 g/mol. The van der Waals surface area contributed by atoms with Crippen molar-refractivity contribution in [2.75, 3.05) is 11.9 Å². The van der Waals surface area contributed by atoms with Crippen LogP contribution in [0, 0.1) is 0 Å². The van der Waals surface area contributed by atoms with Gasteiger partial charge < -0.3 is 4.74 Å². The Morgan fingerprint density at radius 3 is 2.75 bits per heavy atom. The lowest BCUT2D eigenvalue weighted by Crippen LogP contribution is -1.90. The maximum absolute atomic E-state index is 9.41. The van der Waals surface area contributed by atoms with Gasteiger partial charge in [-0.05, 0) is 12.8 Å². The Balaban J connectivity index is 2.62. The molecular weight excluding hydrogens is 172 g/mol. The predicted molar refractivity (Wildman–Crippen MR) is 34.7 cm³/mol. The third-order valence-electron chi connectivity index (χ3n) is 0.689. The van der Waals surface area contributed by atoms with Gasteiger partial charge in [0.1, 0.15) is 0 Å². The lowest BCUT2D eigenvalue weighted by atomic mass is 10.4. The summed E-state index contributed by atoms with van der Waals surface area (Å²) < 4.78 is 4.31. The summed E-state index contributed by atoms with van der Waals surface area (Å²) >= 11 is 3.25. The highest BCUT2D eigenvalue weighted by molar-refractivity contribution is 9.09. The molecule has 0 aliphatic heterocycles. The minimum atomic E-state index is 0.495. The fraction of sp³-hybridized carbons (Fsp3) is 0.800. The normalized spacial score (nSPS) is 8.62. The Bertz CT molecular complexity index is 56.4. The van der Waals surface area contributed by atoms with E-state index in [9.17, 15) is 4.79 Å². The zero-order valence-electron chi connectivity index (χ0n) is 4.52. The van der Waals surface area contributed by atoms with E-state index in [1.54, 1.807) is 0 Å². The number of rotatable bonds is 5. The Morgan fingerprint density at radius 2 is 2.25 bits per heavy atom. The van der Waals surface area contributed by atoms with E-state index in [-0.39, 0.29) is 0 Å². The summed E-state index contributed by atoms with van der Waals surface area (Å²) in [6, 6.07) is 0. The van der Waals surface area contributed by atoms with Crippen molar-refractivity contribution in [1.29, 1.82) is 0 Å². The van der Waals surface area contributed by atoms with Crippen molar-refractivity contribution in [3.8, 4) is 0 Å². The van der Waals surface area contributed by atoms with Crippen LogP contribution in [0.1, 0.15) is 12.8 Å². The summed E-state index contributed by atoms with van der Waals surface area (Å²) in [7, 11) is 0. The topological polar surface area (TPSA) is 26.3 Å². The third kappa shape index (κ3) is 5.95. The van der Waals surface area contributed by atoms with Crippen LogP contribution in [0.3, 0.4) is 0 Å². The smallest absolute Gasteiger partial charge is 0.417 e. The van der Waals surface area contributed by atoms with E-state index in [1.807, 2.05) is 0 Å². The molecule has 0 saturated heterocycles. The SMILES string of the molecule is O=[C]OCCCCBr. The molecule has 0 fully saturated rings. The number of unbranched alkanes of at least 4 members (excludes halogenated alkanes) is 1. The van der Waals surface area contributed by atoms with Gasteiger partial charge in [-0.1, -0.05) is 15.9 Å². The molecule has 1 radical (unpaired) electrons. The van der Waals surface area contributed by atoms with Gasteiger partial charge in [-0.3, -0.25) is 0 Å². The Hall–Kier alpha value is -0.0500. The predicted octanol–water partition coefficient (Wildman–Crippen LogP) is 1.25. The maximum atomic E-state index is 9.41. The van der Waals surface area contributed by atoms with E-state index in [2.05, 4.69) is 20.7 Å². The Morgan fingerprint density at radius 1 is 1.50 bits per heavy atom. The first-order valence-corrected chi connectivity index (χ1v) is 3.59. The first-order valence-electron chi connectivity index (χ1n) is 2.46. The van der Waals surface area contributed by atoms with Crippen LogP contribution in [0.2, 0.25) is 0 Å². The molecule has 0 saturated carbocycles. The molecule has 0 aromatic rings. The first-order chi connectivity index (χ1) is 3.91. The molecule has 0 aliphatic carbocycles. The fourth-order valence-corrected chi connectivity index (χ4v) is 0.707. The van der Waals surface area contributed by atoms with Crippen molar-refractivity contribution >= 4 is 22.4 Å². The van der Waals surface area contributed by atoms with E-state index in [0.29, 0.717) is 6.61 Å². The number of hydrogen-bond acceptors (Lipinski definition) is 2. The summed E-state index contributed by atoms with van der Waals surface area (Å²) in [6.07, 6.45) is 1.96. The molecule has 0 bridgehead atoms. The first kappa shape index (κ1) is 7.95. The van der Waals surface area contributed by atoms with Gasteiger partial charge in [0.15, 0.2) is 0 Å². The van der Waals surface area contributed by atoms with Gasteiger partial charge in [0.05, 0.1) is 6.61 Å². The van der Waals surface area contributed by atoms with Gasteiger partial charge in [0, 0.05) is 5.33 Å². The van der Waals surface area contributed by atoms with Crippen molar-refractivity contribution in [2.45, 2.75) is 12.8 Å². The molecule has 0 aromatic heterocycles. The van der Waals surface area contributed by atoms with E-state index >= 15 is 0 Å². The summed E-state index contributed by atoms with van der Waals surface area (Å²) in [4.78, 5) is 9.41. The Kier molecular flexibility index (Phi) is 6.91. The molecule has 0 N–H and O–H groups in total. The van der Waals surface area contributed by atoms with Crippen LogP contribution in [0.25, 0.3) is 0 Å². The van der Waals surface area contributed by atoms with Crippen molar-refractivity contribution in [3.05, 3.63) is 0 Å². The number of alkyl halides is 1. The second-order valence-electron chi connectivity index (χ2n) is 1.33. The molecule has 0 atom stereocenters. The third-order valence-corrected chi connectivity index (χ3v) is 1.25. The summed E-state index contributed by atoms with van der Waals surface area (Å²) in [5, 5.41) is 0.967. The monoisotopic (exact) mass is 179 g/mol. The maximum Gasteiger partial charge on any atom is 0.417 e. The van der Waals surface area contributed by atoms with Crippen LogP contribution in [-0.4, -0.2) is 18.4 Å². The molecule has 0 heterocycles. The molecule has 0 spiro atoms. The summed E-state index contributed by atoms with van der Waals surface area (Å²) in [5.41, 5.74) is 0. The number of hydrogen-bond donors (Lipinski definition) is 0. The van der Waals surface area contributed by atoms with E-state index in [0.717, 1.165) is 18.2 Å². The van der Waals surface area contributed by atoms with Crippen LogP contribution in [0.4, 0.5) is 0 Å². The average Bonchev–Trinajstić information content (AvgIpc) is 1.81. The van der Waals surface area contributed by atoms with Gasteiger partial charge in [0.25, 0.3) is 0 Å². The van der Waals surface area contributed by atoms with E-state index in [4.69, 9.17) is 0 Å². The lowest BCUT2D eigenvalue weighted by Gasteiger charge is -1.92. The molecule has 0 aromatic carbocycles. The Labute approximate surface area is 57.3 Å². The second kappa shape index (κ2) is 6.95. The van der Waals surface area contributed by atoms with Crippen LogP contribution in [0.15, 0.2) is 0 Å². The second-order valence-corrected chi connectivity index (χ2v) is 2.12. The summed E-state index contributed by atoms with van der Waals surface area (Å²) in [5.74, 6) is 0. The van der Waals surface area contributed by atoms with Gasteiger partial charge in [-0.15, -0.1) is 0 Å². The van der Waals surface area contributed by atoms with Crippen LogP contribution in [0.5, 0.6) is 0 Å². The molecule has 47 valence electrons. The molecular formula is C5H8BrO2. The minimum absolute atomic E-state index is 0.495. The molecule has 8 heavy (non-hydrogen) atoms. The molecule has 2 nitrogen and oxygen atoms in total. The van der Waals surface area contributed by atoms with E-state index < -0.39 is 0 Å². The zero-order valence-corrected chi connectivity index (χ0v) is 6.11. The summed E-state index contributed by atoms with van der Waals surface area (Å²) in [6.45, 7) is 1.86. The van der Waals surface area contributed by atoms with Crippen molar-refractivity contribution < 1.29 is 9.53 Å². The molecule has 0 aliphatic rings. The highest BCUT2D eigenvalue weighted by Gasteiger charge is 1.84. The van der Waals surface area contributed by atoms with Crippen LogP contribution >= 0.6 is 15.9 Å². The largest absolute Gasteiger partial charge is 0.457 e. The molecule has 0 rings (SSSR count). The van der Waals surface area contributed by atoms with Crippen LogP contribution in [-0.2, 0) is 9.53 Å². The number of ether oxygens (including phenoxy) is 1. The van der Waals surface area contributed by atoms with Crippen molar-refractivity contribution in [3.63, 3.8) is 0 Å². The standard InChI is InChI=1S/C5H8BrO2/c6-3-1-2-4-8-5-7/h1-4H2. The van der Waals surface area contributed by atoms with Crippen molar-refractivity contribution in [2.24, 2.45) is 0 Å². The molecule has 0 amide bonds. The van der Waals surface area contributed by atoms with Gasteiger partial charge in [0.2, 0.25) is 0 Å². The fourth-order valence-electron chi connectivity index (χ4n) is 0.310. The number of halogens is 1. The highest BCUT2D eigenvalue weighted by atomic mass is 79.9. The van der Waals surface area contributed by atoms with Crippen LogP contribution < -0.4 is 0 Å². The highest BCUT2D eigenvalue weighted by Crippen LogP contribution is 1.92. The molecule has 3 heteroatoms. The molecule has 0 unspecified atom stereocenters. The lowest BCUT2D eigenvalue weighted by molar-refractivity contribution is 0.272. The van der Waals surface area contributed by atoms with E-state index in [1.165, 1.54) is 6.47 Å². The zero-order chi connectivity index (χ0) is 6.24. The number of carbonyl (C=O) groups excluding carboxylic acids is 1. The van der Waals surface area contributed by atoms with Gasteiger partial charge in [-0.2, -0.15) is 0 Å². The quantitative estimate of drug-likeness (QED) is 0.470.